The largest absolute Gasteiger partial charge is 0.491 e. The minimum atomic E-state index is -0.686. The highest BCUT2D eigenvalue weighted by Crippen LogP contribution is 2.20. The second-order valence-electron chi connectivity index (χ2n) is 6.19. The summed E-state index contributed by atoms with van der Waals surface area (Å²) < 4.78 is 11.4. The number of rotatable bonds is 8. The zero-order valence-corrected chi connectivity index (χ0v) is 14.2. The fourth-order valence-electron chi connectivity index (χ4n) is 2.90. The number of pyridine rings is 1. The lowest BCUT2D eigenvalue weighted by molar-refractivity contribution is -0.384. The number of likely N-dealkylation sites (tertiary alicyclic amines) is 1. The SMILES string of the molecule is O=[N+]([O-])c1cccc(OC[C@@H](O)CN2CC[C@@H](Oc3ccncc3)C2)c1. The number of non-ortho nitro benzene ring substituents is 1. The van der Waals surface area contributed by atoms with Gasteiger partial charge in [-0.3, -0.25) is 20.0 Å². The van der Waals surface area contributed by atoms with Gasteiger partial charge in [0, 0.05) is 38.1 Å². The molecule has 0 unspecified atom stereocenters. The van der Waals surface area contributed by atoms with E-state index in [0.717, 1.165) is 25.3 Å². The number of nitro groups is 1. The number of ether oxygens (including phenoxy) is 2. The lowest BCUT2D eigenvalue weighted by atomic mass is 10.3. The van der Waals surface area contributed by atoms with Crippen LogP contribution in [0.5, 0.6) is 11.5 Å². The van der Waals surface area contributed by atoms with E-state index in [4.69, 9.17) is 9.47 Å². The lowest BCUT2D eigenvalue weighted by Crippen LogP contribution is -2.35. The van der Waals surface area contributed by atoms with Crippen molar-refractivity contribution in [1.82, 2.24) is 9.88 Å². The predicted molar refractivity (Wildman–Crippen MR) is 94.3 cm³/mol. The Balaban J connectivity index is 1.42. The first-order chi connectivity index (χ1) is 12.6. The molecule has 3 rings (SSSR count). The van der Waals surface area contributed by atoms with Crippen molar-refractivity contribution in [3.8, 4) is 11.5 Å². The fourth-order valence-corrected chi connectivity index (χ4v) is 2.90. The Morgan fingerprint density at radius 3 is 2.88 bits per heavy atom. The van der Waals surface area contributed by atoms with E-state index in [1.54, 1.807) is 24.5 Å². The number of nitro benzene ring substituents is 1. The summed E-state index contributed by atoms with van der Waals surface area (Å²) in [7, 11) is 0. The minimum absolute atomic E-state index is 0.0346. The van der Waals surface area contributed by atoms with Crippen LogP contribution in [0.2, 0.25) is 0 Å². The van der Waals surface area contributed by atoms with E-state index in [1.807, 2.05) is 12.1 Å². The van der Waals surface area contributed by atoms with E-state index >= 15 is 0 Å². The first-order valence-corrected chi connectivity index (χ1v) is 8.44. The Morgan fingerprint density at radius 2 is 2.12 bits per heavy atom. The van der Waals surface area contributed by atoms with Gasteiger partial charge >= 0.3 is 0 Å². The first-order valence-electron chi connectivity index (χ1n) is 8.44. The summed E-state index contributed by atoms with van der Waals surface area (Å²) in [4.78, 5) is 16.4. The molecule has 2 heterocycles. The molecular formula is C18H21N3O5. The third-order valence-electron chi connectivity index (χ3n) is 4.12. The van der Waals surface area contributed by atoms with Gasteiger partial charge in [0.15, 0.2) is 0 Å². The van der Waals surface area contributed by atoms with Gasteiger partial charge in [-0.05, 0) is 24.6 Å². The van der Waals surface area contributed by atoms with E-state index in [9.17, 15) is 15.2 Å². The third-order valence-corrected chi connectivity index (χ3v) is 4.12. The number of β-amino-alcohol motifs (C(OH)–C–C–N with tert-alkyl or cyclic N) is 1. The molecule has 1 saturated heterocycles. The number of nitrogens with zero attached hydrogens (tertiary/aromatic N) is 3. The van der Waals surface area contributed by atoms with Crippen molar-refractivity contribution in [3.63, 3.8) is 0 Å². The molecule has 0 bridgehead atoms. The molecule has 0 radical (unpaired) electrons. The Kier molecular flexibility index (Phi) is 5.98. The average Bonchev–Trinajstić information content (AvgIpc) is 3.08. The number of hydrogen-bond donors (Lipinski definition) is 1. The molecule has 0 aliphatic carbocycles. The molecule has 0 spiro atoms. The Morgan fingerprint density at radius 1 is 1.31 bits per heavy atom. The first kappa shape index (κ1) is 18.1. The molecule has 26 heavy (non-hydrogen) atoms. The highest BCUT2D eigenvalue weighted by molar-refractivity contribution is 5.37. The molecule has 2 atom stereocenters. The Labute approximate surface area is 151 Å². The van der Waals surface area contributed by atoms with E-state index in [2.05, 4.69) is 9.88 Å². The van der Waals surface area contributed by atoms with Gasteiger partial charge in [-0.25, -0.2) is 0 Å². The quantitative estimate of drug-likeness (QED) is 0.567. The van der Waals surface area contributed by atoms with Gasteiger partial charge < -0.3 is 14.6 Å². The lowest BCUT2D eigenvalue weighted by Gasteiger charge is -2.20. The van der Waals surface area contributed by atoms with Crippen LogP contribution in [0.25, 0.3) is 0 Å². The smallest absolute Gasteiger partial charge is 0.273 e. The molecule has 1 aliphatic rings. The van der Waals surface area contributed by atoms with Crippen molar-refractivity contribution >= 4 is 5.69 Å². The van der Waals surface area contributed by atoms with Crippen molar-refractivity contribution in [2.75, 3.05) is 26.2 Å². The molecule has 8 nitrogen and oxygen atoms in total. The number of aliphatic hydroxyl groups excluding tert-OH is 1. The molecule has 1 N–H and O–H groups in total. The highest BCUT2D eigenvalue weighted by Gasteiger charge is 2.25. The second kappa shape index (κ2) is 8.59. The van der Waals surface area contributed by atoms with Crippen LogP contribution < -0.4 is 9.47 Å². The van der Waals surface area contributed by atoms with Crippen molar-refractivity contribution in [2.45, 2.75) is 18.6 Å². The van der Waals surface area contributed by atoms with E-state index in [0.29, 0.717) is 12.3 Å². The molecule has 1 aliphatic heterocycles. The van der Waals surface area contributed by atoms with Gasteiger partial charge in [0.1, 0.15) is 30.3 Å². The van der Waals surface area contributed by atoms with E-state index < -0.39 is 11.0 Å². The van der Waals surface area contributed by atoms with Gasteiger partial charge in [-0.1, -0.05) is 6.07 Å². The van der Waals surface area contributed by atoms with Gasteiger partial charge in [-0.2, -0.15) is 0 Å². The maximum atomic E-state index is 10.8. The summed E-state index contributed by atoms with van der Waals surface area (Å²) in [6.45, 7) is 2.11. The minimum Gasteiger partial charge on any atom is -0.491 e. The molecule has 2 aromatic rings. The number of hydrogen-bond acceptors (Lipinski definition) is 7. The van der Waals surface area contributed by atoms with E-state index in [1.165, 1.54) is 12.1 Å². The van der Waals surface area contributed by atoms with Crippen molar-refractivity contribution < 1.29 is 19.5 Å². The van der Waals surface area contributed by atoms with Crippen molar-refractivity contribution in [2.24, 2.45) is 0 Å². The summed E-state index contributed by atoms with van der Waals surface area (Å²) >= 11 is 0. The van der Waals surface area contributed by atoms with Gasteiger partial charge in [0.05, 0.1) is 11.0 Å². The van der Waals surface area contributed by atoms with Gasteiger partial charge in [0.25, 0.3) is 5.69 Å². The number of benzene rings is 1. The van der Waals surface area contributed by atoms with Crippen molar-refractivity contribution in [1.29, 1.82) is 0 Å². The fraction of sp³-hybridized carbons (Fsp3) is 0.389. The zero-order chi connectivity index (χ0) is 18.4. The summed E-state index contributed by atoms with van der Waals surface area (Å²) in [5.41, 5.74) is -0.0346. The highest BCUT2D eigenvalue weighted by atomic mass is 16.6. The molecule has 1 aromatic carbocycles. The third kappa shape index (κ3) is 5.14. The molecule has 138 valence electrons. The van der Waals surface area contributed by atoms with Crippen LogP contribution in [-0.4, -0.2) is 58.4 Å². The van der Waals surface area contributed by atoms with Crippen LogP contribution in [0.1, 0.15) is 6.42 Å². The zero-order valence-electron chi connectivity index (χ0n) is 14.2. The standard InChI is InChI=1S/C18H21N3O5/c22-15(13-25-17-3-1-2-14(10-17)21(23)24)11-20-9-6-18(12-20)26-16-4-7-19-8-5-16/h1-5,7-8,10,15,18,22H,6,9,11-13H2/t15-,18+/m0/s1. The van der Waals surface area contributed by atoms with E-state index in [-0.39, 0.29) is 18.4 Å². The number of aliphatic hydroxyl groups is 1. The molecule has 1 aromatic heterocycles. The predicted octanol–water partition coefficient (Wildman–Crippen LogP) is 1.88. The topological polar surface area (TPSA) is 98.0 Å². The van der Waals surface area contributed by atoms with Crippen LogP contribution in [-0.2, 0) is 0 Å². The van der Waals surface area contributed by atoms with Crippen LogP contribution in [0.4, 0.5) is 5.69 Å². The van der Waals surface area contributed by atoms with Gasteiger partial charge in [-0.15, -0.1) is 0 Å². The van der Waals surface area contributed by atoms with Crippen LogP contribution in [0.3, 0.4) is 0 Å². The number of aromatic nitrogens is 1. The summed E-state index contributed by atoms with van der Waals surface area (Å²) in [6, 6.07) is 9.59. The van der Waals surface area contributed by atoms with Crippen LogP contribution in [0, 0.1) is 10.1 Å². The maximum absolute atomic E-state index is 10.8. The van der Waals surface area contributed by atoms with Crippen LogP contribution >= 0.6 is 0 Å². The monoisotopic (exact) mass is 359 g/mol. The second-order valence-corrected chi connectivity index (χ2v) is 6.19. The molecular weight excluding hydrogens is 338 g/mol. The molecule has 1 fully saturated rings. The maximum Gasteiger partial charge on any atom is 0.273 e. The molecule has 0 saturated carbocycles. The normalized spacial score (nSPS) is 18.4. The Hall–Kier alpha value is -2.71. The summed E-state index contributed by atoms with van der Waals surface area (Å²) in [5.74, 6) is 1.17. The Bertz CT molecular complexity index is 728. The summed E-state index contributed by atoms with van der Waals surface area (Å²) in [5, 5.41) is 20.9. The molecule has 0 amide bonds. The average molecular weight is 359 g/mol. The van der Waals surface area contributed by atoms with Gasteiger partial charge in [0.2, 0.25) is 0 Å². The molecule has 8 heteroatoms. The summed E-state index contributed by atoms with van der Waals surface area (Å²) in [6.07, 6.45) is 3.67. The van der Waals surface area contributed by atoms with Crippen LogP contribution in [0.15, 0.2) is 48.8 Å². The van der Waals surface area contributed by atoms with Crippen molar-refractivity contribution in [3.05, 3.63) is 58.9 Å².